The number of carbonyl (C=O) groups excluding carboxylic acids is 15. The number of para-hydroxylation sites is 2. The van der Waals surface area contributed by atoms with Crippen LogP contribution in [0.15, 0.2) is 48.5 Å². The number of aliphatic carboxylic acids is 1. The van der Waals surface area contributed by atoms with Gasteiger partial charge in [-0.1, -0.05) is 147 Å². The molecule has 0 aliphatic heterocycles. The van der Waals surface area contributed by atoms with Crippen LogP contribution in [0.3, 0.4) is 0 Å². The zero-order valence-electron chi connectivity index (χ0n) is 90.0. The summed E-state index contributed by atoms with van der Waals surface area (Å²) in [4.78, 5) is 237. The number of nitrogens with one attached hydrogen (secondary N) is 16. The van der Waals surface area contributed by atoms with Crippen LogP contribution in [0.2, 0.25) is 0 Å². The molecule has 15 amide bonds. The minimum atomic E-state index is -1.39. The molecule has 826 valence electrons. The molecule has 41 heteroatoms. The van der Waals surface area contributed by atoms with Gasteiger partial charge in [0.05, 0.1) is 22.8 Å². The number of unbranched alkanes of at least 4 members (excludes halogenated alkanes) is 7. The average molecular weight is 2050 g/mol. The number of anilines is 1. The van der Waals surface area contributed by atoms with Crippen LogP contribution >= 0.6 is 0 Å². The van der Waals surface area contributed by atoms with E-state index in [2.05, 4.69) is 85.1 Å². The van der Waals surface area contributed by atoms with Crippen LogP contribution in [-0.4, -0.2) is 248 Å². The Morgan fingerprint density at radius 2 is 0.432 bits per heavy atom. The van der Waals surface area contributed by atoms with Crippen molar-refractivity contribution < 1.29 is 81.8 Å². The van der Waals surface area contributed by atoms with E-state index in [4.69, 9.17) is 45.1 Å². The van der Waals surface area contributed by atoms with Crippen molar-refractivity contribution in [2.75, 3.05) is 57.7 Å². The number of nitrogens with zero attached hydrogens (tertiary/aromatic N) is 1. The third kappa shape index (κ3) is 50.7. The molecule has 41 nitrogen and oxygen atoms in total. The molecular weight excluding hydrogens is 1870 g/mol. The lowest BCUT2D eigenvalue weighted by molar-refractivity contribution is -0.138. The fourth-order valence-electron chi connectivity index (χ4n) is 17.2. The molecule has 146 heavy (non-hydrogen) atoms. The fraction of sp³-hybridized carbons (Fsp3) is 0.724. The van der Waals surface area contributed by atoms with Crippen molar-refractivity contribution in [2.24, 2.45) is 87.5 Å². The SMILES string of the molecule is CC(C)C[C@H](NC(=O)[C@H](CCCCN)NC(=O)[C@H](CC(C)C)NC(=O)[C@H](CC(C)C)NC(=O)[C@H](CCCCNc1c2ccccc2nc2ccccc12)NC(=O)[C@H](CCCCN)NC(=O)[C@H](CC(C)C)NC(=O)[C@H](CC(C)C)NC(=O)[C@H](CCCCN)NC(=O)[C@H](CC(C)C)NC(=O)[C@H](CC(C)C)NC(=O)[C@H](CCCCN)NC(=O)[C@H](CCCCN)NC(=O)[C@@H](N)CC(C)C)C(=O)N[C@@H](CCCCN)C(=O)NCC(=O)O. The Morgan fingerprint density at radius 3 is 0.637 bits per heavy atom. The second kappa shape index (κ2) is 70.9. The van der Waals surface area contributed by atoms with Crippen molar-refractivity contribution in [3.8, 4) is 0 Å². The van der Waals surface area contributed by atoms with E-state index in [1.807, 2.05) is 159 Å². The standard InChI is InChI=1S/C105H184N24O17/c1-62(2)53-72(112)91(132)116-76(40-22-29-47-107)93(134)118-78(42-24-31-49-109)95(136)124-86(58-67(11)12)103(144)128-85(57-66(9)10)102(143)122-80(44-26-33-51-111)97(138)125-87(59-68(13)14)104(145)127-83(55-64(5)6)100(141)120-77(41-23-30-48-108)94(135)119-81(45-27-34-52-113-90-70-35-17-19-37-73(70)115-74-38-20-18-36-71(74)90)98(139)126-88(60-69(15)16)105(146)129-84(56-65(7)8)101(142)121-79(43-25-32-50-110)96(137)123-82(54-63(3)4)99(140)117-75(39-21-28-46-106)92(133)114-61-89(130)131/h17-20,35-38,62-69,72,75-88H,21-34,39-61,106-112H2,1-16H3,(H,113,115)(H,114,133)(H,116,132)(H,117,140)(H,118,134)(H,119,135)(H,120,141)(H,121,142)(H,122,143)(H,123,137)(H,124,136)(H,125,138)(H,126,139)(H,127,145)(H,128,144)(H,129,146)(H,130,131)/t72-,75-,76-,77-,78-,79-,80-,81-,82-,83-,84-,85-,86-,87-,88-/m0/s1. The van der Waals surface area contributed by atoms with Gasteiger partial charge in [0.2, 0.25) is 88.6 Å². The summed E-state index contributed by atoms with van der Waals surface area (Å²) >= 11 is 0. The minimum absolute atomic E-state index is 0.00753. The highest BCUT2D eigenvalue weighted by Crippen LogP contribution is 2.31. The number of hydrogen-bond donors (Lipinski definition) is 24. The Hall–Kier alpha value is -10.8. The highest BCUT2D eigenvalue weighted by atomic mass is 16.4. The molecule has 0 saturated heterocycles. The molecule has 3 aromatic rings. The van der Waals surface area contributed by atoms with Crippen LogP contribution < -0.4 is 125 Å². The molecule has 2 aromatic carbocycles. The van der Waals surface area contributed by atoms with E-state index in [0.29, 0.717) is 122 Å². The maximum absolute atomic E-state index is 15.5. The Balaban J connectivity index is 2.12. The molecule has 0 fully saturated rings. The second-order valence-corrected chi connectivity index (χ2v) is 42.3. The van der Waals surface area contributed by atoms with Gasteiger partial charge in [-0.25, -0.2) is 4.98 Å². The van der Waals surface area contributed by atoms with Gasteiger partial charge in [0, 0.05) is 17.3 Å². The number of carbonyl (C=O) groups is 16. The lowest BCUT2D eigenvalue weighted by atomic mass is 9.98. The topological polar surface area (TPSA) is 681 Å². The Bertz CT molecular complexity index is 4470. The molecule has 15 atom stereocenters. The van der Waals surface area contributed by atoms with Crippen molar-refractivity contribution in [3.05, 3.63) is 48.5 Å². The lowest BCUT2D eigenvalue weighted by Crippen LogP contribution is -2.61. The van der Waals surface area contributed by atoms with Crippen molar-refractivity contribution in [2.45, 2.75) is 388 Å². The van der Waals surface area contributed by atoms with Crippen molar-refractivity contribution in [1.29, 1.82) is 0 Å². The highest BCUT2D eigenvalue weighted by molar-refractivity contribution is 6.08. The van der Waals surface area contributed by atoms with Crippen LogP contribution in [0.25, 0.3) is 21.8 Å². The molecule has 1 aromatic heterocycles. The zero-order chi connectivity index (χ0) is 109. The number of benzene rings is 2. The van der Waals surface area contributed by atoms with E-state index in [1.165, 1.54) is 0 Å². The van der Waals surface area contributed by atoms with E-state index < -0.39 is 192 Å². The van der Waals surface area contributed by atoms with E-state index in [-0.39, 0.29) is 157 Å². The molecule has 0 aliphatic carbocycles. The van der Waals surface area contributed by atoms with Gasteiger partial charge in [0.25, 0.3) is 0 Å². The van der Waals surface area contributed by atoms with Crippen molar-refractivity contribution in [3.63, 3.8) is 0 Å². The van der Waals surface area contributed by atoms with Crippen LogP contribution in [0.1, 0.15) is 297 Å². The predicted molar refractivity (Wildman–Crippen MR) is 570 cm³/mol. The van der Waals surface area contributed by atoms with Gasteiger partial charge in [-0.3, -0.25) is 76.7 Å². The highest BCUT2D eigenvalue weighted by Gasteiger charge is 2.40. The Morgan fingerprint density at radius 1 is 0.247 bits per heavy atom. The summed E-state index contributed by atoms with van der Waals surface area (Å²) in [6.07, 6.45) is 7.05. The molecular formula is C105H184N24O17. The fourth-order valence-corrected chi connectivity index (χ4v) is 17.2. The number of rotatable bonds is 77. The predicted octanol–water partition coefficient (Wildman–Crippen LogP) is 4.43. The zero-order valence-corrected chi connectivity index (χ0v) is 90.0. The molecule has 1 heterocycles. The molecule has 0 radical (unpaired) electrons. The third-order valence-electron chi connectivity index (χ3n) is 24.8. The van der Waals surface area contributed by atoms with Crippen LogP contribution in [0, 0.1) is 47.3 Å². The minimum Gasteiger partial charge on any atom is -0.480 e. The van der Waals surface area contributed by atoms with Gasteiger partial charge in [0.15, 0.2) is 0 Å². The smallest absolute Gasteiger partial charge is 0.322 e. The van der Waals surface area contributed by atoms with Crippen LogP contribution in [0.5, 0.6) is 0 Å². The Kier molecular flexibility index (Phi) is 62.8. The summed E-state index contributed by atoms with van der Waals surface area (Å²) in [5.74, 6) is -13.9. The van der Waals surface area contributed by atoms with Gasteiger partial charge in [-0.05, 0) is 285 Å². The molecule has 0 aliphatic rings. The number of carboxylic acids is 1. The van der Waals surface area contributed by atoms with Gasteiger partial charge in [0.1, 0.15) is 91.1 Å². The molecule has 0 bridgehead atoms. The molecule has 0 unspecified atom stereocenters. The first kappa shape index (κ1) is 129. The summed E-state index contributed by atoms with van der Waals surface area (Å²) in [5.41, 5.74) is 44.0. The average Bonchev–Trinajstić information content (AvgIpc) is 0.781. The third-order valence-corrected chi connectivity index (χ3v) is 24.8. The number of amides is 15. The maximum atomic E-state index is 15.5. The van der Waals surface area contributed by atoms with Gasteiger partial charge in [-0.2, -0.15) is 0 Å². The first-order chi connectivity index (χ1) is 69.2. The van der Waals surface area contributed by atoms with E-state index in [1.54, 1.807) is 0 Å². The van der Waals surface area contributed by atoms with Crippen molar-refractivity contribution >= 4 is 122 Å². The lowest BCUT2D eigenvalue weighted by Gasteiger charge is -2.30. The number of nitrogens with two attached hydrogens (primary N) is 7. The van der Waals surface area contributed by atoms with E-state index >= 15 is 28.8 Å². The summed E-state index contributed by atoms with van der Waals surface area (Å²) in [7, 11) is 0. The molecule has 31 N–H and O–H groups in total. The largest absolute Gasteiger partial charge is 0.480 e. The maximum Gasteiger partial charge on any atom is 0.322 e. The first-order valence-corrected chi connectivity index (χ1v) is 53.4. The Labute approximate surface area is 865 Å². The van der Waals surface area contributed by atoms with E-state index in [0.717, 1.165) is 27.5 Å². The normalized spacial score (nSPS) is 14.7. The summed E-state index contributed by atoms with van der Waals surface area (Å²) in [6, 6.07) is -3.43. The van der Waals surface area contributed by atoms with E-state index in [9.17, 15) is 53.1 Å². The van der Waals surface area contributed by atoms with Crippen LogP contribution in [-0.2, 0) is 76.7 Å². The monoisotopic (exact) mass is 2050 g/mol. The van der Waals surface area contributed by atoms with Crippen LogP contribution in [0.4, 0.5) is 5.69 Å². The molecule has 0 saturated carbocycles. The van der Waals surface area contributed by atoms with Gasteiger partial charge in [-0.15, -0.1) is 0 Å². The summed E-state index contributed by atoms with van der Waals surface area (Å²) in [5, 5.41) is 56.8. The van der Waals surface area contributed by atoms with Crippen molar-refractivity contribution in [1.82, 2.24) is 84.7 Å². The number of aromatic nitrogens is 1. The molecule has 3 rings (SSSR count). The first-order valence-electron chi connectivity index (χ1n) is 53.4. The van der Waals surface area contributed by atoms with Gasteiger partial charge < -0.3 is 130 Å². The number of carboxylic acid groups (broad SMARTS) is 1. The number of hydrogen-bond acceptors (Lipinski definition) is 25. The molecule has 0 spiro atoms. The summed E-state index contributed by atoms with van der Waals surface area (Å²) in [6.45, 7) is 30.8. The number of fused-ring (bicyclic) bond motifs is 2. The number of pyridine rings is 1. The quantitative estimate of drug-likeness (QED) is 0.0274. The second-order valence-electron chi connectivity index (χ2n) is 42.3. The summed E-state index contributed by atoms with van der Waals surface area (Å²) < 4.78 is 0. The van der Waals surface area contributed by atoms with Gasteiger partial charge >= 0.3 is 5.97 Å².